The summed E-state index contributed by atoms with van der Waals surface area (Å²) in [6, 6.07) is 3.43. The first kappa shape index (κ1) is 14.6. The largest absolute Gasteiger partial charge is 0.314 e. The van der Waals surface area contributed by atoms with E-state index in [0.717, 1.165) is 25.3 Å². The van der Waals surface area contributed by atoms with Gasteiger partial charge >= 0.3 is 0 Å². The molecule has 1 heterocycles. The lowest BCUT2D eigenvalue weighted by Crippen LogP contribution is -2.32. The molecule has 1 aliphatic carbocycles. The molecule has 1 fully saturated rings. The quantitative estimate of drug-likeness (QED) is 0.738. The summed E-state index contributed by atoms with van der Waals surface area (Å²) in [5.74, 6) is 0.934. The van der Waals surface area contributed by atoms with E-state index in [9.17, 15) is 0 Å². The summed E-state index contributed by atoms with van der Waals surface area (Å²) >= 11 is 0. The highest BCUT2D eigenvalue weighted by molar-refractivity contribution is 5.01. The van der Waals surface area contributed by atoms with Gasteiger partial charge in [-0.2, -0.15) is 5.10 Å². The van der Waals surface area contributed by atoms with Crippen LogP contribution >= 0.6 is 0 Å². The van der Waals surface area contributed by atoms with Crippen LogP contribution in [0.4, 0.5) is 0 Å². The van der Waals surface area contributed by atoms with Crippen molar-refractivity contribution in [1.29, 1.82) is 0 Å². The molecule has 1 saturated carbocycles. The fourth-order valence-electron chi connectivity index (χ4n) is 2.58. The van der Waals surface area contributed by atoms with Crippen LogP contribution < -0.4 is 5.32 Å². The highest BCUT2D eigenvalue weighted by Gasteiger charge is 2.30. The molecule has 0 aliphatic heterocycles. The second-order valence-electron chi connectivity index (χ2n) is 5.98. The molecule has 0 radical (unpaired) electrons. The van der Waals surface area contributed by atoms with E-state index in [4.69, 9.17) is 5.10 Å². The lowest BCUT2D eigenvalue weighted by molar-refractivity contribution is 0.429. The van der Waals surface area contributed by atoms with Gasteiger partial charge in [0.2, 0.25) is 0 Å². The van der Waals surface area contributed by atoms with Crippen LogP contribution in [0, 0.1) is 5.92 Å². The van der Waals surface area contributed by atoms with E-state index in [1.54, 1.807) is 0 Å². The average Bonchev–Trinajstić information content (AvgIpc) is 3.16. The molecule has 0 spiro atoms. The molecule has 2 rings (SSSR count). The minimum atomic E-state index is 0.520. The van der Waals surface area contributed by atoms with Crippen molar-refractivity contribution >= 4 is 0 Å². The maximum absolute atomic E-state index is 4.70. The average molecular weight is 263 g/mol. The standard InChI is InChI=1S/C16H29N3/c1-4-11-17-16(14-6-7-14)9-8-15-10-12-19(18-15)13(3)5-2/h10,12-14,16-17H,4-9,11H2,1-3H3. The van der Waals surface area contributed by atoms with Crippen LogP contribution in [-0.2, 0) is 6.42 Å². The van der Waals surface area contributed by atoms with Crippen LogP contribution in [0.3, 0.4) is 0 Å². The first-order chi connectivity index (χ1) is 9.24. The highest BCUT2D eigenvalue weighted by Crippen LogP contribution is 2.34. The lowest BCUT2D eigenvalue weighted by Gasteiger charge is -2.17. The van der Waals surface area contributed by atoms with Gasteiger partial charge in [0.05, 0.1) is 5.69 Å². The summed E-state index contributed by atoms with van der Waals surface area (Å²) in [5, 5.41) is 8.41. The number of aromatic nitrogens is 2. The predicted octanol–water partition coefficient (Wildman–Crippen LogP) is 3.56. The van der Waals surface area contributed by atoms with Gasteiger partial charge in [-0.05, 0) is 64.0 Å². The minimum absolute atomic E-state index is 0.520. The highest BCUT2D eigenvalue weighted by atomic mass is 15.3. The fraction of sp³-hybridized carbons (Fsp3) is 0.812. The number of rotatable bonds is 9. The zero-order chi connectivity index (χ0) is 13.7. The first-order valence-electron chi connectivity index (χ1n) is 8.02. The Morgan fingerprint density at radius 2 is 2.21 bits per heavy atom. The topological polar surface area (TPSA) is 29.9 Å². The van der Waals surface area contributed by atoms with Crippen molar-refractivity contribution < 1.29 is 0 Å². The van der Waals surface area contributed by atoms with E-state index in [-0.39, 0.29) is 0 Å². The van der Waals surface area contributed by atoms with Gasteiger partial charge < -0.3 is 5.32 Å². The molecule has 3 nitrogen and oxygen atoms in total. The van der Waals surface area contributed by atoms with Crippen molar-refractivity contribution in [2.75, 3.05) is 6.54 Å². The Morgan fingerprint density at radius 3 is 2.84 bits per heavy atom. The normalized spacial score (nSPS) is 18.5. The van der Waals surface area contributed by atoms with Gasteiger partial charge in [-0.25, -0.2) is 0 Å². The van der Waals surface area contributed by atoms with Crippen LogP contribution in [0.15, 0.2) is 12.3 Å². The Kier molecular flexibility index (Phi) is 5.44. The molecule has 0 amide bonds. The third-order valence-corrected chi connectivity index (χ3v) is 4.27. The van der Waals surface area contributed by atoms with Crippen molar-refractivity contribution in [3.8, 4) is 0 Å². The molecule has 0 aromatic carbocycles. The molecule has 108 valence electrons. The summed E-state index contributed by atoms with van der Waals surface area (Å²) in [5.41, 5.74) is 1.25. The molecule has 3 heteroatoms. The van der Waals surface area contributed by atoms with E-state index < -0.39 is 0 Å². The van der Waals surface area contributed by atoms with Gasteiger partial charge in [-0.1, -0.05) is 13.8 Å². The van der Waals surface area contributed by atoms with Crippen molar-refractivity contribution in [3.05, 3.63) is 18.0 Å². The van der Waals surface area contributed by atoms with E-state index in [1.165, 1.54) is 31.4 Å². The van der Waals surface area contributed by atoms with E-state index in [2.05, 4.69) is 43.0 Å². The second kappa shape index (κ2) is 7.09. The Morgan fingerprint density at radius 1 is 1.42 bits per heavy atom. The summed E-state index contributed by atoms with van der Waals surface area (Å²) < 4.78 is 2.11. The van der Waals surface area contributed by atoms with Crippen LogP contribution in [0.5, 0.6) is 0 Å². The molecule has 1 aromatic heterocycles. The number of nitrogens with one attached hydrogen (secondary N) is 1. The Hall–Kier alpha value is -0.830. The van der Waals surface area contributed by atoms with Gasteiger partial charge in [0.1, 0.15) is 0 Å². The summed E-state index contributed by atoms with van der Waals surface area (Å²) in [6.07, 6.45) is 9.69. The molecule has 2 unspecified atom stereocenters. The van der Waals surface area contributed by atoms with Crippen molar-refractivity contribution in [1.82, 2.24) is 15.1 Å². The lowest BCUT2D eigenvalue weighted by atomic mass is 10.1. The Balaban J connectivity index is 1.81. The van der Waals surface area contributed by atoms with Gasteiger partial charge in [0, 0.05) is 18.3 Å². The number of hydrogen-bond acceptors (Lipinski definition) is 2. The third kappa shape index (κ3) is 4.34. The third-order valence-electron chi connectivity index (χ3n) is 4.27. The Bertz CT molecular complexity index is 368. The van der Waals surface area contributed by atoms with Crippen LogP contribution in [-0.4, -0.2) is 22.4 Å². The molecule has 0 bridgehead atoms. The van der Waals surface area contributed by atoms with Gasteiger partial charge in [-0.15, -0.1) is 0 Å². The predicted molar refractivity (Wildman–Crippen MR) is 80.4 cm³/mol. The molecular weight excluding hydrogens is 234 g/mol. The number of hydrogen-bond donors (Lipinski definition) is 1. The van der Waals surface area contributed by atoms with E-state index in [1.807, 2.05) is 0 Å². The van der Waals surface area contributed by atoms with Crippen LogP contribution in [0.1, 0.15) is 64.6 Å². The monoisotopic (exact) mass is 263 g/mol. The van der Waals surface area contributed by atoms with Gasteiger partial charge in [0.25, 0.3) is 0 Å². The second-order valence-corrected chi connectivity index (χ2v) is 5.98. The van der Waals surface area contributed by atoms with Gasteiger partial charge in [0.15, 0.2) is 0 Å². The number of aryl methyl sites for hydroxylation is 1. The number of nitrogens with zero attached hydrogens (tertiary/aromatic N) is 2. The maximum Gasteiger partial charge on any atom is 0.0625 e. The van der Waals surface area contributed by atoms with Crippen molar-refractivity contribution in [2.24, 2.45) is 5.92 Å². The summed E-state index contributed by atoms with van der Waals surface area (Å²) in [4.78, 5) is 0. The molecular formula is C16H29N3. The summed E-state index contributed by atoms with van der Waals surface area (Å²) in [7, 11) is 0. The molecule has 19 heavy (non-hydrogen) atoms. The van der Waals surface area contributed by atoms with E-state index >= 15 is 0 Å². The smallest absolute Gasteiger partial charge is 0.0625 e. The van der Waals surface area contributed by atoms with Crippen molar-refractivity contribution in [2.45, 2.75) is 71.4 Å². The molecule has 1 aliphatic rings. The zero-order valence-corrected chi connectivity index (χ0v) is 12.7. The minimum Gasteiger partial charge on any atom is -0.314 e. The first-order valence-corrected chi connectivity index (χ1v) is 8.02. The Labute approximate surface area is 117 Å². The van der Waals surface area contributed by atoms with Crippen LogP contribution in [0.25, 0.3) is 0 Å². The van der Waals surface area contributed by atoms with E-state index in [0.29, 0.717) is 12.1 Å². The molecule has 0 saturated heterocycles. The molecule has 1 N–H and O–H groups in total. The molecule has 1 aromatic rings. The van der Waals surface area contributed by atoms with Crippen molar-refractivity contribution in [3.63, 3.8) is 0 Å². The molecule has 2 atom stereocenters. The fourth-order valence-corrected chi connectivity index (χ4v) is 2.58. The van der Waals surface area contributed by atoms with Crippen LogP contribution in [0.2, 0.25) is 0 Å². The zero-order valence-electron chi connectivity index (χ0n) is 12.7. The SMILES string of the molecule is CCCNC(CCc1ccn(C(C)CC)n1)C1CC1. The maximum atomic E-state index is 4.70. The summed E-state index contributed by atoms with van der Waals surface area (Å²) in [6.45, 7) is 7.84. The van der Waals surface area contributed by atoms with Gasteiger partial charge in [-0.3, -0.25) is 4.68 Å².